The third kappa shape index (κ3) is 32.8. The Balaban J connectivity index is 3.65. The first-order valence-electron chi connectivity index (χ1n) is 17.8. The summed E-state index contributed by atoms with van der Waals surface area (Å²) in [4.78, 5) is 24.3. The molecule has 1 atom stereocenters. The largest absolute Gasteiger partial charge is 0.462 e. The van der Waals surface area contributed by atoms with E-state index in [-0.39, 0.29) is 24.4 Å². The van der Waals surface area contributed by atoms with Crippen molar-refractivity contribution in [1.82, 2.24) is 0 Å². The first-order valence-corrected chi connectivity index (χ1v) is 18.3. The molecule has 0 bridgehead atoms. The minimum atomic E-state index is -0.577. The van der Waals surface area contributed by atoms with Gasteiger partial charge >= 0.3 is 11.9 Å². The zero-order valence-corrected chi connectivity index (χ0v) is 29.1. The summed E-state index contributed by atoms with van der Waals surface area (Å²) in [6, 6.07) is 0. The lowest BCUT2D eigenvalue weighted by Crippen LogP contribution is -2.26. The van der Waals surface area contributed by atoms with Gasteiger partial charge in [0.05, 0.1) is 5.88 Å². The van der Waals surface area contributed by atoms with Gasteiger partial charge in [-0.15, -0.1) is 11.6 Å². The predicted octanol–water partition coefficient (Wildman–Crippen LogP) is 12.1. The number of hydrogen-bond acceptors (Lipinski definition) is 4. The molecule has 0 N–H and O–H groups in total. The second kappa shape index (κ2) is 35.4. The molecule has 0 radical (unpaired) electrons. The summed E-state index contributed by atoms with van der Waals surface area (Å²) < 4.78 is 10.7. The maximum Gasteiger partial charge on any atom is 0.306 e. The van der Waals surface area contributed by atoms with Gasteiger partial charge in [-0.25, -0.2) is 0 Å². The predicted molar refractivity (Wildman–Crippen MR) is 190 cm³/mol. The zero-order valence-electron chi connectivity index (χ0n) is 28.3. The highest BCUT2D eigenvalue weighted by atomic mass is 35.5. The van der Waals surface area contributed by atoms with E-state index in [0.29, 0.717) is 12.8 Å². The van der Waals surface area contributed by atoms with E-state index in [9.17, 15) is 9.59 Å². The first-order chi connectivity index (χ1) is 21.6. The molecule has 0 amide bonds. The molecule has 0 aromatic rings. The number of rotatable bonds is 31. The van der Waals surface area contributed by atoms with Gasteiger partial charge in [0.2, 0.25) is 0 Å². The number of alkyl halides is 1. The molecule has 5 heteroatoms. The van der Waals surface area contributed by atoms with Gasteiger partial charge in [0.25, 0.3) is 0 Å². The van der Waals surface area contributed by atoms with Gasteiger partial charge in [-0.05, 0) is 77.0 Å². The van der Waals surface area contributed by atoms with Crippen LogP contribution in [0.25, 0.3) is 0 Å². The van der Waals surface area contributed by atoms with Crippen molar-refractivity contribution in [3.63, 3.8) is 0 Å². The normalized spacial score (nSPS) is 12.9. The summed E-state index contributed by atoms with van der Waals surface area (Å²) in [5.74, 6) is -0.378. The lowest BCUT2D eigenvalue weighted by Gasteiger charge is -2.15. The Labute approximate surface area is 276 Å². The standard InChI is InChI=1S/C39H65ClO4/c1-3-5-7-9-11-13-15-17-19-21-23-25-27-29-31-33-38(41)43-36-37(35-40)44-39(42)34-32-30-28-26-24-22-20-18-16-14-12-10-8-6-4-2/h6,8,11-14,17-20,37H,3-5,7,9-10,15-16,21-36H2,1-2H3/b8-6-,13-11-,14-12-,19-17-,20-18-. The lowest BCUT2D eigenvalue weighted by molar-refractivity contribution is -0.157. The SMILES string of the molecule is CC/C=C\C/C=C\C/C=C\CCCCCCCC(=O)OC(CCl)COC(=O)CCCCCCC/C=C\C/C=C\CCCCC. The quantitative estimate of drug-likeness (QED) is 0.0330. The van der Waals surface area contributed by atoms with Gasteiger partial charge in [-0.1, -0.05) is 126 Å². The van der Waals surface area contributed by atoms with Crippen LogP contribution in [0.5, 0.6) is 0 Å². The second-order valence-electron chi connectivity index (χ2n) is 11.5. The van der Waals surface area contributed by atoms with Crippen LogP contribution in [0.4, 0.5) is 0 Å². The van der Waals surface area contributed by atoms with Crippen molar-refractivity contribution in [3.8, 4) is 0 Å². The van der Waals surface area contributed by atoms with E-state index >= 15 is 0 Å². The monoisotopic (exact) mass is 632 g/mol. The van der Waals surface area contributed by atoms with E-state index in [1.807, 2.05) is 0 Å². The topological polar surface area (TPSA) is 52.6 Å². The Morgan fingerprint density at radius 3 is 1.48 bits per heavy atom. The number of carbonyl (C=O) groups excluding carboxylic acids is 2. The van der Waals surface area contributed by atoms with Gasteiger partial charge in [0, 0.05) is 12.8 Å². The highest BCUT2D eigenvalue weighted by Gasteiger charge is 2.16. The van der Waals surface area contributed by atoms with Gasteiger partial charge in [-0.3, -0.25) is 9.59 Å². The number of halogens is 1. The van der Waals surface area contributed by atoms with E-state index in [4.69, 9.17) is 21.1 Å². The van der Waals surface area contributed by atoms with Crippen LogP contribution in [-0.2, 0) is 19.1 Å². The fourth-order valence-electron chi connectivity index (χ4n) is 4.58. The summed E-state index contributed by atoms with van der Waals surface area (Å²) in [5, 5.41) is 0. The molecule has 0 aliphatic heterocycles. The van der Waals surface area contributed by atoms with Crippen molar-refractivity contribution < 1.29 is 19.1 Å². The molecule has 0 saturated carbocycles. The van der Waals surface area contributed by atoms with Crippen LogP contribution in [0.15, 0.2) is 60.8 Å². The summed E-state index contributed by atoms with van der Waals surface area (Å²) in [5.41, 5.74) is 0. The minimum absolute atomic E-state index is 0.0353. The smallest absolute Gasteiger partial charge is 0.306 e. The van der Waals surface area contributed by atoms with E-state index in [1.54, 1.807) is 0 Å². The Bertz CT molecular complexity index is 796. The van der Waals surface area contributed by atoms with Crippen LogP contribution in [-0.4, -0.2) is 30.5 Å². The maximum absolute atomic E-state index is 12.2. The molecule has 0 aromatic heterocycles. The van der Waals surface area contributed by atoms with Crippen LogP contribution < -0.4 is 0 Å². The van der Waals surface area contributed by atoms with Crippen molar-refractivity contribution in [3.05, 3.63) is 60.8 Å². The summed E-state index contributed by atoms with van der Waals surface area (Å²) >= 11 is 5.95. The van der Waals surface area contributed by atoms with Crippen molar-refractivity contribution in [2.24, 2.45) is 0 Å². The third-order valence-corrected chi connectivity index (χ3v) is 7.61. The molecule has 0 aliphatic carbocycles. The number of allylic oxidation sites excluding steroid dienone is 10. The van der Waals surface area contributed by atoms with E-state index in [1.165, 1.54) is 51.4 Å². The molecule has 44 heavy (non-hydrogen) atoms. The molecular formula is C39H65ClO4. The van der Waals surface area contributed by atoms with Crippen LogP contribution in [0.1, 0.15) is 155 Å². The minimum Gasteiger partial charge on any atom is -0.462 e. The Morgan fingerprint density at radius 2 is 0.977 bits per heavy atom. The second-order valence-corrected chi connectivity index (χ2v) is 11.8. The van der Waals surface area contributed by atoms with Gasteiger partial charge in [-0.2, -0.15) is 0 Å². The average molecular weight is 633 g/mol. The van der Waals surface area contributed by atoms with E-state index in [0.717, 1.165) is 77.0 Å². The summed E-state index contributed by atoms with van der Waals surface area (Å²) in [6.07, 6.45) is 44.8. The molecule has 0 aromatic carbocycles. The number of hydrogen-bond donors (Lipinski definition) is 0. The number of carbonyl (C=O) groups is 2. The van der Waals surface area contributed by atoms with Crippen molar-refractivity contribution >= 4 is 23.5 Å². The molecule has 0 fully saturated rings. The molecule has 0 aliphatic rings. The van der Waals surface area contributed by atoms with Crippen molar-refractivity contribution in [2.45, 2.75) is 161 Å². The Kier molecular flexibility index (Phi) is 33.7. The first kappa shape index (κ1) is 41.9. The van der Waals surface area contributed by atoms with Crippen molar-refractivity contribution in [1.29, 1.82) is 0 Å². The van der Waals surface area contributed by atoms with Crippen molar-refractivity contribution in [2.75, 3.05) is 12.5 Å². The number of unbranched alkanes of at least 4 members (excludes halogenated alkanes) is 13. The van der Waals surface area contributed by atoms with Crippen LogP contribution in [0.2, 0.25) is 0 Å². The van der Waals surface area contributed by atoms with Crippen LogP contribution in [0, 0.1) is 0 Å². The Morgan fingerprint density at radius 1 is 0.545 bits per heavy atom. The molecule has 0 rings (SSSR count). The van der Waals surface area contributed by atoms with Crippen LogP contribution in [0.3, 0.4) is 0 Å². The highest BCUT2D eigenvalue weighted by molar-refractivity contribution is 6.18. The van der Waals surface area contributed by atoms with Gasteiger partial charge < -0.3 is 9.47 Å². The number of ether oxygens (including phenoxy) is 2. The zero-order chi connectivity index (χ0) is 32.2. The molecule has 4 nitrogen and oxygen atoms in total. The molecule has 252 valence electrons. The molecule has 1 unspecified atom stereocenters. The third-order valence-electron chi connectivity index (χ3n) is 7.26. The molecule has 0 saturated heterocycles. The fraction of sp³-hybridized carbons (Fsp3) is 0.692. The van der Waals surface area contributed by atoms with E-state index < -0.39 is 6.10 Å². The average Bonchev–Trinajstić information content (AvgIpc) is 3.02. The van der Waals surface area contributed by atoms with Gasteiger partial charge in [0.1, 0.15) is 12.7 Å². The Hall–Kier alpha value is -2.07. The summed E-state index contributed by atoms with van der Waals surface area (Å²) in [6.45, 7) is 4.42. The van der Waals surface area contributed by atoms with E-state index in [2.05, 4.69) is 74.6 Å². The number of esters is 2. The highest BCUT2D eigenvalue weighted by Crippen LogP contribution is 2.11. The lowest BCUT2D eigenvalue weighted by atomic mass is 10.1. The van der Waals surface area contributed by atoms with Gasteiger partial charge in [0.15, 0.2) is 0 Å². The fourth-order valence-corrected chi connectivity index (χ4v) is 4.73. The molecular weight excluding hydrogens is 568 g/mol. The molecule has 0 heterocycles. The maximum atomic E-state index is 12.2. The van der Waals surface area contributed by atoms with Crippen LogP contribution >= 0.6 is 11.6 Å². The summed E-state index contributed by atoms with van der Waals surface area (Å²) in [7, 11) is 0. The molecule has 0 spiro atoms.